The van der Waals surface area contributed by atoms with Crippen molar-refractivity contribution in [2.45, 2.75) is 83.7 Å². The normalized spacial score (nSPS) is 29.4. The second-order valence-electron chi connectivity index (χ2n) is 8.81. The van der Waals surface area contributed by atoms with E-state index in [1.807, 2.05) is 30.5 Å². The van der Waals surface area contributed by atoms with Crippen LogP contribution in [0.2, 0.25) is 0 Å². The van der Waals surface area contributed by atoms with Crippen molar-refractivity contribution in [3.63, 3.8) is 0 Å². The van der Waals surface area contributed by atoms with Crippen LogP contribution in [-0.2, 0) is 38.1 Å². The summed E-state index contributed by atoms with van der Waals surface area (Å²) < 4.78 is 31.1. The predicted molar refractivity (Wildman–Crippen MR) is 121 cm³/mol. The molecular weight excluding hydrogens is 442 g/mol. The highest BCUT2D eigenvalue weighted by Gasteiger charge is 2.51. The SMILES string of the molecule is CC(=O)OC1C(OC(C)=O)[C@@H](c2cn([C@H]3CCCCO3)c3ccccc23)OC(C)[C@H]1OC(C)=O. The quantitative estimate of drug-likeness (QED) is 0.480. The molecule has 2 fully saturated rings. The maximum absolute atomic E-state index is 12.1. The van der Waals surface area contributed by atoms with Crippen molar-refractivity contribution in [3.05, 3.63) is 36.0 Å². The highest BCUT2D eigenvalue weighted by Crippen LogP contribution is 2.41. The van der Waals surface area contributed by atoms with Crippen LogP contribution in [0.1, 0.15) is 64.9 Å². The van der Waals surface area contributed by atoms with Gasteiger partial charge < -0.3 is 28.3 Å². The summed E-state index contributed by atoms with van der Waals surface area (Å²) in [5.74, 6) is -1.69. The molecule has 0 radical (unpaired) electrons. The number of fused-ring (bicyclic) bond motifs is 1. The van der Waals surface area contributed by atoms with E-state index in [0.29, 0.717) is 6.61 Å². The number of nitrogens with zero attached hydrogens (tertiary/aromatic N) is 1. The number of benzene rings is 1. The van der Waals surface area contributed by atoms with Crippen molar-refractivity contribution in [2.24, 2.45) is 0 Å². The Hall–Kier alpha value is -2.91. The zero-order chi connectivity index (χ0) is 24.4. The Morgan fingerprint density at radius 2 is 1.56 bits per heavy atom. The highest BCUT2D eigenvalue weighted by atomic mass is 16.6. The predicted octanol–water partition coefficient (Wildman–Crippen LogP) is 3.60. The molecule has 2 aliphatic heterocycles. The molecule has 0 saturated carbocycles. The van der Waals surface area contributed by atoms with Crippen LogP contribution in [0.5, 0.6) is 0 Å². The molecule has 2 aliphatic rings. The van der Waals surface area contributed by atoms with Gasteiger partial charge in [-0.1, -0.05) is 18.2 Å². The van der Waals surface area contributed by atoms with Crippen LogP contribution in [-0.4, -0.2) is 53.5 Å². The van der Waals surface area contributed by atoms with Crippen LogP contribution < -0.4 is 0 Å². The second-order valence-corrected chi connectivity index (χ2v) is 8.81. The average molecular weight is 474 g/mol. The molecule has 1 aromatic heterocycles. The first kappa shape index (κ1) is 24.2. The topological polar surface area (TPSA) is 102 Å². The fraction of sp³-hybridized carbons (Fsp3) is 0.560. The van der Waals surface area contributed by atoms with Crippen molar-refractivity contribution in [3.8, 4) is 0 Å². The first-order chi connectivity index (χ1) is 16.3. The third kappa shape index (κ3) is 4.95. The van der Waals surface area contributed by atoms with Crippen molar-refractivity contribution in [1.82, 2.24) is 4.57 Å². The number of esters is 3. The summed E-state index contributed by atoms with van der Waals surface area (Å²) in [6.07, 6.45) is 0.461. The molecule has 184 valence electrons. The Morgan fingerprint density at radius 3 is 2.21 bits per heavy atom. The van der Waals surface area contributed by atoms with Gasteiger partial charge in [-0.25, -0.2) is 0 Å². The standard InChI is InChI=1S/C25H31NO8/c1-14-22(32-15(2)27)24(33-16(3)28)25(34-17(4)29)23(31-14)19-13-26(21-11-7-8-12-30-21)20-10-6-5-9-18(19)20/h5-6,9-10,13-14,21-25H,7-8,11-12H2,1-4H3/t14?,21-,22-,23-,24?,25?/m1/s1. The van der Waals surface area contributed by atoms with Gasteiger partial charge in [0.25, 0.3) is 0 Å². The van der Waals surface area contributed by atoms with E-state index in [2.05, 4.69) is 4.57 Å². The third-order valence-electron chi connectivity index (χ3n) is 6.22. The van der Waals surface area contributed by atoms with E-state index in [0.717, 1.165) is 35.7 Å². The van der Waals surface area contributed by atoms with Crippen LogP contribution in [0.3, 0.4) is 0 Å². The van der Waals surface area contributed by atoms with E-state index in [4.69, 9.17) is 23.7 Å². The minimum atomic E-state index is -1.04. The van der Waals surface area contributed by atoms with E-state index in [1.54, 1.807) is 6.92 Å². The van der Waals surface area contributed by atoms with E-state index >= 15 is 0 Å². The number of carbonyl (C=O) groups excluding carboxylic acids is 3. The lowest BCUT2D eigenvalue weighted by atomic mass is 9.90. The van der Waals surface area contributed by atoms with Crippen molar-refractivity contribution in [1.29, 1.82) is 0 Å². The van der Waals surface area contributed by atoms with Crippen molar-refractivity contribution < 1.29 is 38.1 Å². The summed E-state index contributed by atoms with van der Waals surface area (Å²) in [7, 11) is 0. The van der Waals surface area contributed by atoms with Gasteiger partial charge in [-0.2, -0.15) is 0 Å². The molecule has 1 aromatic carbocycles. The minimum Gasteiger partial charge on any atom is -0.456 e. The number of ether oxygens (including phenoxy) is 5. The van der Waals surface area contributed by atoms with Crippen molar-refractivity contribution >= 4 is 28.8 Å². The number of aromatic nitrogens is 1. The monoisotopic (exact) mass is 473 g/mol. The molecule has 2 aromatic rings. The van der Waals surface area contributed by atoms with E-state index in [9.17, 15) is 14.4 Å². The molecule has 0 amide bonds. The fourth-order valence-corrected chi connectivity index (χ4v) is 4.90. The van der Waals surface area contributed by atoms with Gasteiger partial charge >= 0.3 is 17.9 Å². The Kier molecular flexibility index (Phi) is 7.23. The van der Waals surface area contributed by atoms with Crippen LogP contribution in [0.4, 0.5) is 0 Å². The number of carbonyl (C=O) groups is 3. The van der Waals surface area contributed by atoms with Crippen LogP contribution in [0, 0.1) is 0 Å². The van der Waals surface area contributed by atoms with Gasteiger partial charge in [-0.05, 0) is 32.3 Å². The van der Waals surface area contributed by atoms with E-state index in [-0.39, 0.29) is 6.23 Å². The molecule has 3 heterocycles. The molecule has 0 N–H and O–H groups in total. The Bertz CT molecular complexity index is 1060. The number of para-hydroxylation sites is 1. The van der Waals surface area contributed by atoms with Gasteiger partial charge in [0.1, 0.15) is 12.3 Å². The molecule has 3 unspecified atom stereocenters. The lowest BCUT2D eigenvalue weighted by molar-refractivity contribution is -0.245. The maximum atomic E-state index is 12.1. The summed E-state index contributed by atoms with van der Waals surface area (Å²) in [4.78, 5) is 35.9. The lowest BCUT2D eigenvalue weighted by Gasteiger charge is -2.43. The lowest BCUT2D eigenvalue weighted by Crippen LogP contribution is -2.57. The molecule has 34 heavy (non-hydrogen) atoms. The highest BCUT2D eigenvalue weighted by molar-refractivity contribution is 5.84. The van der Waals surface area contributed by atoms with E-state index < -0.39 is 48.4 Å². The summed E-state index contributed by atoms with van der Waals surface area (Å²) in [6.45, 7) is 6.24. The molecule has 6 atom stereocenters. The number of hydrogen-bond acceptors (Lipinski definition) is 8. The fourth-order valence-electron chi connectivity index (χ4n) is 4.90. The van der Waals surface area contributed by atoms with Crippen LogP contribution >= 0.6 is 0 Å². The Morgan fingerprint density at radius 1 is 0.912 bits per heavy atom. The molecule has 2 saturated heterocycles. The summed E-state index contributed by atoms with van der Waals surface area (Å²) >= 11 is 0. The third-order valence-corrected chi connectivity index (χ3v) is 6.22. The largest absolute Gasteiger partial charge is 0.456 e. The number of hydrogen-bond donors (Lipinski definition) is 0. The van der Waals surface area contributed by atoms with E-state index in [1.165, 1.54) is 20.8 Å². The minimum absolute atomic E-state index is 0.112. The van der Waals surface area contributed by atoms with Gasteiger partial charge in [0.15, 0.2) is 18.3 Å². The smallest absolute Gasteiger partial charge is 0.303 e. The number of rotatable bonds is 5. The molecular formula is C25H31NO8. The Labute approximate surface area is 198 Å². The molecule has 9 nitrogen and oxygen atoms in total. The van der Waals surface area contributed by atoms with Crippen LogP contribution in [0.25, 0.3) is 10.9 Å². The van der Waals surface area contributed by atoms with Crippen LogP contribution in [0.15, 0.2) is 30.5 Å². The zero-order valence-corrected chi connectivity index (χ0v) is 19.9. The summed E-state index contributed by atoms with van der Waals surface area (Å²) in [5.41, 5.74) is 1.75. The van der Waals surface area contributed by atoms with Gasteiger partial charge in [-0.3, -0.25) is 14.4 Å². The van der Waals surface area contributed by atoms with Gasteiger partial charge in [0.2, 0.25) is 0 Å². The molecule has 0 aliphatic carbocycles. The average Bonchev–Trinajstić information content (AvgIpc) is 3.17. The van der Waals surface area contributed by atoms with Gasteiger partial charge in [0, 0.05) is 44.5 Å². The summed E-state index contributed by atoms with van der Waals surface area (Å²) in [5, 5.41) is 0.915. The molecule has 4 rings (SSSR count). The first-order valence-electron chi connectivity index (χ1n) is 11.6. The second kappa shape index (κ2) is 10.1. The van der Waals surface area contributed by atoms with Gasteiger partial charge in [-0.15, -0.1) is 0 Å². The summed E-state index contributed by atoms with van der Waals surface area (Å²) in [6, 6.07) is 7.87. The molecule has 9 heteroatoms. The Balaban J connectivity index is 1.80. The van der Waals surface area contributed by atoms with Crippen molar-refractivity contribution in [2.75, 3.05) is 6.61 Å². The first-order valence-corrected chi connectivity index (χ1v) is 11.6. The maximum Gasteiger partial charge on any atom is 0.303 e. The molecule has 0 bridgehead atoms. The zero-order valence-electron chi connectivity index (χ0n) is 19.9. The van der Waals surface area contributed by atoms with Gasteiger partial charge in [0.05, 0.1) is 11.6 Å². The molecule has 0 spiro atoms.